The van der Waals surface area contributed by atoms with Gasteiger partial charge in [0, 0.05) is 23.2 Å². The second kappa shape index (κ2) is 7.85. The summed E-state index contributed by atoms with van der Waals surface area (Å²) in [5.74, 6) is -1.55. The van der Waals surface area contributed by atoms with Gasteiger partial charge in [0.25, 0.3) is 0 Å². The van der Waals surface area contributed by atoms with Crippen molar-refractivity contribution in [2.24, 2.45) is 5.16 Å². The van der Waals surface area contributed by atoms with Gasteiger partial charge in [-0.05, 0) is 24.3 Å². The van der Waals surface area contributed by atoms with Gasteiger partial charge in [-0.2, -0.15) is 0 Å². The summed E-state index contributed by atoms with van der Waals surface area (Å²) in [6.45, 7) is 0. The number of aromatic nitrogens is 1. The van der Waals surface area contributed by atoms with Crippen LogP contribution in [0.3, 0.4) is 0 Å². The molecule has 0 saturated carbocycles. The van der Waals surface area contributed by atoms with E-state index in [-0.39, 0.29) is 11.6 Å². The Morgan fingerprint density at radius 2 is 2.26 bits per heavy atom. The lowest BCUT2D eigenvalue weighted by atomic mass is 10.2. The number of carbonyl (C=O) groups is 2. The van der Waals surface area contributed by atoms with Crippen LogP contribution < -0.4 is 5.32 Å². The quantitative estimate of drug-likeness (QED) is 0.480. The number of aliphatic carboxylic acids is 1. The molecule has 0 radical (unpaired) electrons. The molecule has 0 bridgehead atoms. The lowest BCUT2D eigenvalue weighted by molar-refractivity contribution is -0.129. The first-order valence-corrected chi connectivity index (χ1v) is 7.31. The van der Waals surface area contributed by atoms with Gasteiger partial charge in [0.05, 0.1) is 10.7 Å². The van der Waals surface area contributed by atoms with Crippen molar-refractivity contribution in [3.05, 3.63) is 53.2 Å². The topological polar surface area (TPSA) is 101 Å². The normalized spacial score (nSPS) is 11.4. The number of carbonyl (C=O) groups excluding carboxylic acids is 1. The van der Waals surface area contributed by atoms with Crippen LogP contribution in [0.5, 0.6) is 0 Å². The highest BCUT2D eigenvalue weighted by Crippen LogP contribution is 2.21. The largest absolute Gasteiger partial charge is 0.476 e. The fourth-order valence-electron chi connectivity index (χ4n) is 1.63. The third-order valence-corrected chi connectivity index (χ3v) is 3.44. The van der Waals surface area contributed by atoms with E-state index >= 15 is 0 Å². The first kappa shape index (κ1) is 16.4. The number of carboxylic acids is 1. The average Bonchev–Trinajstić information content (AvgIpc) is 2.99. The van der Waals surface area contributed by atoms with E-state index in [0.29, 0.717) is 16.3 Å². The van der Waals surface area contributed by atoms with Crippen molar-refractivity contribution in [1.29, 1.82) is 0 Å². The molecule has 0 aliphatic rings. The number of anilines is 1. The van der Waals surface area contributed by atoms with Crippen LogP contribution in [-0.4, -0.2) is 34.8 Å². The molecule has 0 atom stereocenters. The van der Waals surface area contributed by atoms with Crippen molar-refractivity contribution in [1.82, 2.24) is 4.98 Å². The Labute approximate surface area is 135 Å². The summed E-state index contributed by atoms with van der Waals surface area (Å²) < 4.78 is 0. The molecule has 0 fully saturated rings. The summed E-state index contributed by atoms with van der Waals surface area (Å²) in [6.07, 6.45) is 4.56. The molecule has 2 aromatic rings. The van der Waals surface area contributed by atoms with Crippen molar-refractivity contribution < 1.29 is 19.5 Å². The molecule has 0 aliphatic heterocycles. The number of oxime groups is 1. The third-order valence-electron chi connectivity index (χ3n) is 2.60. The van der Waals surface area contributed by atoms with Crippen molar-refractivity contribution >= 4 is 40.0 Å². The molecular formula is C15H13N3O4S. The minimum absolute atomic E-state index is 0.228. The summed E-state index contributed by atoms with van der Waals surface area (Å²) in [5.41, 5.74) is 0.788. The maximum Gasteiger partial charge on any atom is 0.358 e. The number of nitrogens with one attached hydrogen (secondary N) is 1. The number of amides is 1. The number of rotatable bonds is 6. The molecule has 118 valence electrons. The molecule has 2 heterocycles. The molecule has 23 heavy (non-hydrogen) atoms. The Balaban J connectivity index is 2.04. The van der Waals surface area contributed by atoms with Gasteiger partial charge in [0.1, 0.15) is 7.11 Å². The van der Waals surface area contributed by atoms with Gasteiger partial charge < -0.3 is 15.3 Å². The predicted octanol–water partition coefficient (Wildman–Crippen LogP) is 2.23. The van der Waals surface area contributed by atoms with Crippen LogP contribution in [0.25, 0.3) is 6.08 Å². The predicted molar refractivity (Wildman–Crippen MR) is 87.4 cm³/mol. The number of hydrogen-bond donors (Lipinski definition) is 2. The highest BCUT2D eigenvalue weighted by Gasteiger charge is 2.16. The standard InChI is InChI=1S/C15H13N3O4S/c1-22-18-14(15(20)21)10-8-13(23-9-10)17-12(19)6-5-11-4-2-3-7-16-11/h2-9H,1H3,(H,17,19)(H,20,21)/b6-5+,18-14+. The van der Waals surface area contributed by atoms with Gasteiger partial charge in [-0.3, -0.25) is 9.78 Å². The Morgan fingerprint density at radius 3 is 2.91 bits per heavy atom. The average molecular weight is 331 g/mol. The lowest BCUT2D eigenvalue weighted by Gasteiger charge is -1.98. The zero-order valence-electron chi connectivity index (χ0n) is 12.1. The van der Waals surface area contributed by atoms with E-state index in [4.69, 9.17) is 5.11 Å². The second-order valence-electron chi connectivity index (χ2n) is 4.20. The Hall–Kier alpha value is -3.00. The van der Waals surface area contributed by atoms with Crippen LogP contribution in [-0.2, 0) is 14.4 Å². The van der Waals surface area contributed by atoms with Crippen LogP contribution in [0.2, 0.25) is 0 Å². The maximum atomic E-state index is 11.8. The summed E-state index contributed by atoms with van der Waals surface area (Å²) in [4.78, 5) is 31.5. The van der Waals surface area contributed by atoms with Gasteiger partial charge in [-0.1, -0.05) is 11.2 Å². The van der Waals surface area contributed by atoms with Gasteiger partial charge in [0.15, 0.2) is 5.71 Å². The smallest absolute Gasteiger partial charge is 0.358 e. The minimum atomic E-state index is -1.21. The number of carboxylic acid groups (broad SMARTS) is 1. The SMILES string of the molecule is CO/N=C(/C(=O)O)c1csc(NC(=O)/C=C/c2ccccn2)c1. The fraction of sp³-hybridized carbons (Fsp3) is 0.0667. The van der Waals surface area contributed by atoms with Gasteiger partial charge >= 0.3 is 5.97 Å². The summed E-state index contributed by atoms with van der Waals surface area (Å²) in [7, 11) is 1.26. The van der Waals surface area contributed by atoms with Crippen LogP contribution in [0, 0.1) is 0 Å². The Bertz CT molecular complexity index is 753. The van der Waals surface area contributed by atoms with E-state index in [1.54, 1.807) is 29.8 Å². The molecule has 8 heteroatoms. The van der Waals surface area contributed by atoms with Gasteiger partial charge in [-0.25, -0.2) is 4.79 Å². The molecule has 7 nitrogen and oxygen atoms in total. The molecule has 2 aromatic heterocycles. The number of thiophene rings is 1. The van der Waals surface area contributed by atoms with Gasteiger partial charge in [0.2, 0.25) is 5.91 Å². The zero-order chi connectivity index (χ0) is 16.7. The molecule has 2 rings (SSSR count). The summed E-state index contributed by atoms with van der Waals surface area (Å²) in [5, 5.41) is 17.2. The Kier molecular flexibility index (Phi) is 5.59. The molecule has 0 aromatic carbocycles. The highest BCUT2D eigenvalue weighted by molar-refractivity contribution is 7.14. The van der Waals surface area contributed by atoms with Crippen LogP contribution in [0.1, 0.15) is 11.3 Å². The Morgan fingerprint density at radius 1 is 1.43 bits per heavy atom. The van der Waals surface area contributed by atoms with Crippen LogP contribution in [0.15, 0.2) is 47.1 Å². The second-order valence-corrected chi connectivity index (χ2v) is 5.12. The van der Waals surface area contributed by atoms with Crippen molar-refractivity contribution in [2.45, 2.75) is 0 Å². The first-order chi connectivity index (χ1) is 11.1. The molecule has 2 N–H and O–H groups in total. The summed E-state index contributed by atoms with van der Waals surface area (Å²) in [6, 6.07) is 6.89. The number of pyridine rings is 1. The zero-order valence-corrected chi connectivity index (χ0v) is 12.9. The first-order valence-electron chi connectivity index (χ1n) is 6.43. The van der Waals surface area contributed by atoms with Gasteiger partial charge in [-0.15, -0.1) is 11.3 Å². The number of nitrogens with zero attached hydrogens (tertiary/aromatic N) is 2. The monoisotopic (exact) mass is 331 g/mol. The van der Waals surface area contributed by atoms with Crippen LogP contribution in [0.4, 0.5) is 5.00 Å². The maximum absolute atomic E-state index is 11.8. The third kappa shape index (κ3) is 4.75. The van der Waals surface area contributed by atoms with E-state index in [0.717, 1.165) is 0 Å². The number of hydrogen-bond acceptors (Lipinski definition) is 6. The molecule has 0 aliphatic carbocycles. The highest BCUT2D eigenvalue weighted by atomic mass is 32.1. The molecule has 0 unspecified atom stereocenters. The molecule has 0 spiro atoms. The van der Waals surface area contributed by atoms with Crippen LogP contribution >= 0.6 is 11.3 Å². The molecule has 1 amide bonds. The molecule has 0 saturated heterocycles. The van der Waals surface area contributed by atoms with Crippen molar-refractivity contribution in [3.8, 4) is 0 Å². The van der Waals surface area contributed by atoms with E-state index in [2.05, 4.69) is 20.3 Å². The fourth-order valence-corrected chi connectivity index (χ4v) is 2.42. The van der Waals surface area contributed by atoms with E-state index in [9.17, 15) is 9.59 Å². The van der Waals surface area contributed by atoms with E-state index < -0.39 is 5.97 Å². The van der Waals surface area contributed by atoms with E-state index in [1.807, 2.05) is 6.07 Å². The lowest BCUT2D eigenvalue weighted by Crippen LogP contribution is -2.14. The van der Waals surface area contributed by atoms with E-state index in [1.165, 1.54) is 30.6 Å². The molecular weight excluding hydrogens is 318 g/mol. The summed E-state index contributed by atoms with van der Waals surface area (Å²) >= 11 is 1.19. The van der Waals surface area contributed by atoms with Crippen molar-refractivity contribution in [2.75, 3.05) is 12.4 Å². The van der Waals surface area contributed by atoms with Crippen molar-refractivity contribution in [3.63, 3.8) is 0 Å². The minimum Gasteiger partial charge on any atom is -0.476 e.